The average molecular weight is 351 g/mol. The Balaban J connectivity index is 2.12. The van der Waals surface area contributed by atoms with Gasteiger partial charge in [-0.15, -0.1) is 0 Å². The van der Waals surface area contributed by atoms with Gasteiger partial charge in [0.25, 0.3) is 5.91 Å². The lowest BCUT2D eigenvalue weighted by atomic mass is 10.1. The molecule has 0 radical (unpaired) electrons. The van der Waals surface area contributed by atoms with E-state index >= 15 is 0 Å². The maximum atomic E-state index is 12.9. The van der Waals surface area contributed by atoms with Gasteiger partial charge in [0.2, 0.25) is 0 Å². The largest absolute Gasteiger partial charge is 0.417 e. The first-order valence-corrected chi connectivity index (χ1v) is 7.03. The zero-order chi connectivity index (χ0) is 14.8. The molecule has 1 amide bonds. The van der Waals surface area contributed by atoms with Gasteiger partial charge < -0.3 is 10.6 Å². The lowest BCUT2D eigenvalue weighted by Crippen LogP contribution is -2.31. The van der Waals surface area contributed by atoms with Crippen LogP contribution in [-0.4, -0.2) is 25.5 Å². The van der Waals surface area contributed by atoms with Gasteiger partial charge in [0.15, 0.2) is 0 Å². The number of alkyl halides is 3. The standard InChI is InChI=1S/C13H14BrF3N2O/c14-9-1-2-10(11(5-9)13(15,16)17)12(20)19-7-8-3-4-18-6-8/h1-2,5,8,18H,3-4,6-7H2,(H,19,20). The Bertz CT molecular complexity index is 499. The lowest BCUT2D eigenvalue weighted by molar-refractivity contribution is -0.138. The van der Waals surface area contributed by atoms with Crippen molar-refractivity contribution in [1.29, 1.82) is 0 Å². The molecule has 3 nitrogen and oxygen atoms in total. The summed E-state index contributed by atoms with van der Waals surface area (Å²) in [6.45, 7) is 2.05. The van der Waals surface area contributed by atoms with Crippen LogP contribution in [0, 0.1) is 5.92 Å². The van der Waals surface area contributed by atoms with Crippen molar-refractivity contribution in [1.82, 2.24) is 10.6 Å². The number of hydrogen-bond donors (Lipinski definition) is 2. The van der Waals surface area contributed by atoms with Gasteiger partial charge in [-0.25, -0.2) is 0 Å². The molecule has 2 N–H and O–H groups in total. The lowest BCUT2D eigenvalue weighted by Gasteiger charge is -2.15. The Hall–Kier alpha value is -1.08. The van der Waals surface area contributed by atoms with Crippen LogP contribution < -0.4 is 10.6 Å². The quantitative estimate of drug-likeness (QED) is 0.879. The highest BCUT2D eigenvalue weighted by molar-refractivity contribution is 9.10. The van der Waals surface area contributed by atoms with Crippen LogP contribution in [0.1, 0.15) is 22.3 Å². The molecule has 1 aromatic carbocycles. The van der Waals surface area contributed by atoms with Gasteiger partial charge in [0.05, 0.1) is 11.1 Å². The molecule has 1 saturated heterocycles. The summed E-state index contributed by atoms with van der Waals surface area (Å²) in [5.41, 5.74) is -1.26. The Kier molecular flexibility index (Phi) is 4.70. The van der Waals surface area contributed by atoms with E-state index < -0.39 is 17.6 Å². The highest BCUT2D eigenvalue weighted by Gasteiger charge is 2.35. The zero-order valence-electron chi connectivity index (χ0n) is 10.6. The van der Waals surface area contributed by atoms with Crippen molar-refractivity contribution < 1.29 is 18.0 Å². The molecule has 1 fully saturated rings. The molecule has 0 saturated carbocycles. The second-order valence-electron chi connectivity index (χ2n) is 4.76. The van der Waals surface area contributed by atoms with Crippen LogP contribution in [0.25, 0.3) is 0 Å². The van der Waals surface area contributed by atoms with Gasteiger partial charge in [-0.1, -0.05) is 15.9 Å². The van der Waals surface area contributed by atoms with E-state index in [1.54, 1.807) is 0 Å². The molecule has 0 bridgehead atoms. The Labute approximate surface area is 123 Å². The van der Waals surface area contributed by atoms with Gasteiger partial charge in [0.1, 0.15) is 0 Å². The molecular formula is C13H14BrF3N2O. The maximum absolute atomic E-state index is 12.9. The minimum atomic E-state index is -4.55. The van der Waals surface area contributed by atoms with Crippen molar-refractivity contribution in [2.75, 3.05) is 19.6 Å². The first kappa shape index (κ1) is 15.3. The summed E-state index contributed by atoms with van der Waals surface area (Å²) >= 11 is 2.99. The fourth-order valence-corrected chi connectivity index (χ4v) is 2.53. The van der Waals surface area contributed by atoms with E-state index in [2.05, 4.69) is 26.6 Å². The summed E-state index contributed by atoms with van der Waals surface area (Å²) in [6.07, 6.45) is -3.63. The third-order valence-electron chi connectivity index (χ3n) is 3.25. The van der Waals surface area contributed by atoms with Crippen LogP contribution in [0.4, 0.5) is 13.2 Å². The predicted octanol–water partition coefficient (Wildman–Crippen LogP) is 2.81. The smallest absolute Gasteiger partial charge is 0.352 e. The first-order chi connectivity index (χ1) is 9.38. The van der Waals surface area contributed by atoms with Crippen LogP contribution in [0.5, 0.6) is 0 Å². The average Bonchev–Trinajstić information content (AvgIpc) is 2.88. The molecule has 1 aliphatic heterocycles. The van der Waals surface area contributed by atoms with Gasteiger partial charge in [0, 0.05) is 11.0 Å². The molecule has 1 unspecified atom stereocenters. The van der Waals surface area contributed by atoms with E-state index in [1.165, 1.54) is 12.1 Å². The summed E-state index contributed by atoms with van der Waals surface area (Å²) in [4.78, 5) is 11.9. The number of nitrogens with one attached hydrogen (secondary N) is 2. The van der Waals surface area contributed by atoms with Gasteiger partial charge in [-0.05, 0) is 43.6 Å². The van der Waals surface area contributed by atoms with Crippen molar-refractivity contribution in [3.63, 3.8) is 0 Å². The number of amides is 1. The number of carbonyl (C=O) groups is 1. The maximum Gasteiger partial charge on any atom is 0.417 e. The Morgan fingerprint density at radius 2 is 2.20 bits per heavy atom. The van der Waals surface area contributed by atoms with Crippen LogP contribution >= 0.6 is 15.9 Å². The third-order valence-corrected chi connectivity index (χ3v) is 3.74. The van der Waals surface area contributed by atoms with E-state index in [0.717, 1.165) is 25.6 Å². The summed E-state index contributed by atoms with van der Waals surface area (Å²) in [5, 5.41) is 5.72. The van der Waals surface area contributed by atoms with Crippen molar-refractivity contribution >= 4 is 21.8 Å². The zero-order valence-corrected chi connectivity index (χ0v) is 12.1. The molecule has 0 aromatic heterocycles. The molecule has 0 spiro atoms. The molecule has 110 valence electrons. The molecule has 1 atom stereocenters. The van der Waals surface area contributed by atoms with Gasteiger partial charge >= 0.3 is 6.18 Å². The number of hydrogen-bond acceptors (Lipinski definition) is 2. The second-order valence-corrected chi connectivity index (χ2v) is 5.67. The topological polar surface area (TPSA) is 41.1 Å². The summed E-state index contributed by atoms with van der Waals surface area (Å²) < 4.78 is 39.1. The highest BCUT2D eigenvalue weighted by Crippen LogP contribution is 2.33. The van der Waals surface area contributed by atoms with E-state index in [-0.39, 0.29) is 11.5 Å². The van der Waals surface area contributed by atoms with E-state index in [4.69, 9.17) is 0 Å². The van der Waals surface area contributed by atoms with E-state index in [9.17, 15) is 18.0 Å². The summed E-state index contributed by atoms with van der Waals surface area (Å²) in [5.74, 6) is -0.402. The highest BCUT2D eigenvalue weighted by atomic mass is 79.9. The molecule has 2 rings (SSSR count). The molecule has 1 aromatic rings. The van der Waals surface area contributed by atoms with Crippen LogP contribution in [0.15, 0.2) is 22.7 Å². The Morgan fingerprint density at radius 1 is 1.45 bits per heavy atom. The van der Waals surface area contributed by atoms with E-state index in [0.29, 0.717) is 11.0 Å². The number of rotatable bonds is 3. The fraction of sp³-hybridized carbons (Fsp3) is 0.462. The molecule has 20 heavy (non-hydrogen) atoms. The van der Waals surface area contributed by atoms with Crippen LogP contribution in [-0.2, 0) is 6.18 Å². The van der Waals surface area contributed by atoms with E-state index in [1.807, 2.05) is 0 Å². The van der Waals surface area contributed by atoms with Crippen LogP contribution in [0.3, 0.4) is 0 Å². The Morgan fingerprint density at radius 3 is 2.80 bits per heavy atom. The summed E-state index contributed by atoms with van der Waals surface area (Å²) in [6, 6.07) is 3.54. The second kappa shape index (κ2) is 6.13. The van der Waals surface area contributed by atoms with Crippen molar-refractivity contribution in [3.05, 3.63) is 33.8 Å². The number of halogens is 4. The minimum absolute atomic E-state index is 0.281. The van der Waals surface area contributed by atoms with Gasteiger partial charge in [-0.3, -0.25) is 4.79 Å². The normalized spacial score (nSPS) is 19.1. The molecule has 1 aliphatic rings. The van der Waals surface area contributed by atoms with Crippen LogP contribution in [0.2, 0.25) is 0 Å². The predicted molar refractivity (Wildman–Crippen MR) is 72.5 cm³/mol. The van der Waals surface area contributed by atoms with Crippen molar-refractivity contribution in [3.8, 4) is 0 Å². The molecular weight excluding hydrogens is 337 g/mol. The molecule has 1 heterocycles. The summed E-state index contributed by atoms with van der Waals surface area (Å²) in [7, 11) is 0. The van der Waals surface area contributed by atoms with Crippen molar-refractivity contribution in [2.24, 2.45) is 5.92 Å². The number of carbonyl (C=O) groups excluding carboxylic acids is 1. The molecule has 7 heteroatoms. The van der Waals surface area contributed by atoms with Crippen molar-refractivity contribution in [2.45, 2.75) is 12.6 Å². The van der Waals surface area contributed by atoms with Gasteiger partial charge in [-0.2, -0.15) is 13.2 Å². The SMILES string of the molecule is O=C(NCC1CCNC1)c1ccc(Br)cc1C(F)(F)F. The third kappa shape index (κ3) is 3.73. The fourth-order valence-electron chi connectivity index (χ4n) is 2.17. The minimum Gasteiger partial charge on any atom is -0.352 e. The first-order valence-electron chi connectivity index (χ1n) is 6.23. The monoisotopic (exact) mass is 350 g/mol. The number of benzene rings is 1. The molecule has 0 aliphatic carbocycles.